The minimum absolute atomic E-state index is 0.0131. The van der Waals surface area contributed by atoms with Gasteiger partial charge in [0.2, 0.25) is 0 Å². The summed E-state index contributed by atoms with van der Waals surface area (Å²) >= 11 is 0. The molecule has 4 aromatic rings. The number of benzene rings is 2. The van der Waals surface area contributed by atoms with Crippen LogP contribution in [0.2, 0.25) is 0 Å². The van der Waals surface area contributed by atoms with Gasteiger partial charge in [0.15, 0.2) is 11.5 Å². The van der Waals surface area contributed by atoms with E-state index in [1.165, 1.54) is 11.1 Å². The van der Waals surface area contributed by atoms with E-state index in [1.807, 2.05) is 30.5 Å². The molecule has 0 aliphatic carbocycles. The average Bonchev–Trinajstić information content (AvgIpc) is 3.46. The first-order chi connectivity index (χ1) is 18.0. The molecule has 2 N–H and O–H groups in total. The standard InChI is InChI=1S/C29H25N3O5/c1-2-37-29(36)19-11-9-18(10-12-19)25-24(26(33)21-6-5-14-30-16-21)27(34)28(35)32(25)15-13-20-17-31-23-8-4-3-7-22(20)23/h3-12,14,16-17,25,31,34H,2,13,15H2,1H3. The third-order valence-corrected chi connectivity index (χ3v) is 6.51. The summed E-state index contributed by atoms with van der Waals surface area (Å²) in [6.07, 6.45) is 5.37. The maximum atomic E-state index is 13.5. The highest BCUT2D eigenvalue weighted by Gasteiger charge is 2.43. The fourth-order valence-electron chi connectivity index (χ4n) is 4.71. The van der Waals surface area contributed by atoms with Crippen molar-refractivity contribution in [2.45, 2.75) is 19.4 Å². The van der Waals surface area contributed by atoms with E-state index in [9.17, 15) is 19.5 Å². The lowest BCUT2D eigenvalue weighted by Gasteiger charge is -2.27. The third-order valence-electron chi connectivity index (χ3n) is 6.51. The Morgan fingerprint density at radius 3 is 2.57 bits per heavy atom. The van der Waals surface area contributed by atoms with Crippen LogP contribution in [0.15, 0.2) is 90.6 Å². The molecular weight excluding hydrogens is 470 g/mol. The van der Waals surface area contributed by atoms with Crippen LogP contribution in [0.4, 0.5) is 0 Å². The number of hydrogen-bond donors (Lipinski definition) is 2. The van der Waals surface area contributed by atoms with Gasteiger partial charge in [0, 0.05) is 41.6 Å². The molecule has 1 unspecified atom stereocenters. The molecule has 0 bridgehead atoms. The number of rotatable bonds is 8. The smallest absolute Gasteiger partial charge is 0.338 e. The van der Waals surface area contributed by atoms with E-state index < -0.39 is 29.5 Å². The van der Waals surface area contributed by atoms with E-state index in [4.69, 9.17) is 4.74 Å². The summed E-state index contributed by atoms with van der Waals surface area (Å²) in [4.78, 5) is 47.7. The Morgan fingerprint density at radius 2 is 1.84 bits per heavy atom. The number of aromatic amines is 1. The molecule has 0 fully saturated rings. The van der Waals surface area contributed by atoms with E-state index in [0.29, 0.717) is 17.5 Å². The molecule has 0 saturated heterocycles. The van der Waals surface area contributed by atoms with Crippen LogP contribution in [-0.4, -0.2) is 50.8 Å². The van der Waals surface area contributed by atoms with Crippen molar-refractivity contribution in [3.8, 4) is 0 Å². The van der Waals surface area contributed by atoms with Crippen molar-refractivity contribution in [2.75, 3.05) is 13.2 Å². The highest BCUT2D eigenvalue weighted by molar-refractivity contribution is 6.16. The van der Waals surface area contributed by atoms with Crippen LogP contribution < -0.4 is 0 Å². The van der Waals surface area contributed by atoms with Crippen molar-refractivity contribution in [2.24, 2.45) is 0 Å². The predicted octanol–water partition coefficient (Wildman–Crippen LogP) is 4.56. The number of aromatic nitrogens is 2. The lowest BCUT2D eigenvalue weighted by Crippen LogP contribution is -2.33. The summed E-state index contributed by atoms with van der Waals surface area (Å²) in [6, 6.07) is 16.8. The Morgan fingerprint density at radius 1 is 1.05 bits per heavy atom. The zero-order chi connectivity index (χ0) is 25.9. The van der Waals surface area contributed by atoms with Crippen LogP contribution >= 0.6 is 0 Å². The van der Waals surface area contributed by atoms with Crippen molar-refractivity contribution in [1.29, 1.82) is 0 Å². The first kappa shape index (κ1) is 24.0. The molecule has 5 rings (SSSR count). The number of ketones is 1. The maximum Gasteiger partial charge on any atom is 0.338 e. The number of aliphatic hydroxyl groups excluding tert-OH is 1. The number of carbonyl (C=O) groups excluding carboxylic acids is 3. The number of hydrogen-bond acceptors (Lipinski definition) is 6. The molecule has 8 nitrogen and oxygen atoms in total. The van der Waals surface area contributed by atoms with Crippen molar-refractivity contribution in [1.82, 2.24) is 14.9 Å². The molecular formula is C29H25N3O5. The molecule has 1 atom stereocenters. The minimum Gasteiger partial charge on any atom is -0.503 e. The first-order valence-corrected chi connectivity index (χ1v) is 12.0. The van der Waals surface area contributed by atoms with Gasteiger partial charge in [0.05, 0.1) is 23.8 Å². The second-order valence-corrected chi connectivity index (χ2v) is 8.69. The number of H-pyrrole nitrogens is 1. The Labute approximate surface area is 213 Å². The molecule has 0 saturated carbocycles. The molecule has 37 heavy (non-hydrogen) atoms. The SMILES string of the molecule is CCOC(=O)c1ccc(C2C(C(=O)c3cccnc3)=C(O)C(=O)N2CCc2c[nH]c3ccccc23)cc1. The quantitative estimate of drug-likeness (QED) is 0.274. The molecule has 0 spiro atoms. The van der Waals surface area contributed by atoms with Gasteiger partial charge in [0.1, 0.15) is 0 Å². The van der Waals surface area contributed by atoms with Gasteiger partial charge in [-0.2, -0.15) is 0 Å². The fourth-order valence-corrected chi connectivity index (χ4v) is 4.71. The number of pyridine rings is 1. The largest absolute Gasteiger partial charge is 0.503 e. The normalized spacial score (nSPS) is 15.4. The summed E-state index contributed by atoms with van der Waals surface area (Å²) in [6.45, 7) is 2.24. The number of aliphatic hydroxyl groups is 1. The van der Waals surface area contributed by atoms with Gasteiger partial charge in [-0.3, -0.25) is 14.6 Å². The summed E-state index contributed by atoms with van der Waals surface area (Å²) in [5.74, 6) is -2.13. The van der Waals surface area contributed by atoms with Gasteiger partial charge in [-0.05, 0) is 54.8 Å². The fraction of sp³-hybridized carbons (Fsp3) is 0.172. The Hall–Kier alpha value is -4.72. The van der Waals surface area contributed by atoms with E-state index in [1.54, 1.807) is 49.5 Å². The van der Waals surface area contributed by atoms with Crippen LogP contribution in [0.5, 0.6) is 0 Å². The van der Waals surface area contributed by atoms with Crippen LogP contribution in [0.1, 0.15) is 44.8 Å². The van der Waals surface area contributed by atoms with Crippen molar-refractivity contribution >= 4 is 28.6 Å². The van der Waals surface area contributed by atoms with Gasteiger partial charge >= 0.3 is 5.97 Å². The number of carbonyl (C=O) groups is 3. The Kier molecular flexibility index (Phi) is 6.55. The number of nitrogens with one attached hydrogen (secondary N) is 1. The number of nitrogens with zero attached hydrogens (tertiary/aromatic N) is 2. The lowest BCUT2D eigenvalue weighted by molar-refractivity contribution is -0.129. The molecule has 1 aliphatic heterocycles. The van der Waals surface area contributed by atoms with Crippen molar-refractivity contribution < 1.29 is 24.2 Å². The number of amides is 1. The number of esters is 1. The van der Waals surface area contributed by atoms with Gasteiger partial charge < -0.3 is 19.7 Å². The van der Waals surface area contributed by atoms with Crippen molar-refractivity contribution in [3.05, 3.63) is 113 Å². The zero-order valence-electron chi connectivity index (χ0n) is 20.2. The summed E-state index contributed by atoms with van der Waals surface area (Å²) in [5.41, 5.74) is 3.21. The Bertz CT molecular complexity index is 1510. The molecule has 2 aromatic heterocycles. The van der Waals surface area contributed by atoms with Crippen LogP contribution in [0, 0.1) is 0 Å². The van der Waals surface area contributed by atoms with Crippen LogP contribution in [0.3, 0.4) is 0 Å². The topological polar surface area (TPSA) is 113 Å². The van der Waals surface area contributed by atoms with E-state index in [-0.39, 0.29) is 24.3 Å². The highest BCUT2D eigenvalue weighted by Crippen LogP contribution is 2.39. The summed E-state index contributed by atoms with van der Waals surface area (Å²) < 4.78 is 5.06. The Balaban J connectivity index is 1.51. The molecule has 1 amide bonds. The van der Waals surface area contributed by atoms with Crippen molar-refractivity contribution in [3.63, 3.8) is 0 Å². The first-order valence-electron chi connectivity index (χ1n) is 12.0. The molecule has 1 aliphatic rings. The molecule has 3 heterocycles. The second kappa shape index (κ2) is 10.1. The number of ether oxygens (including phenoxy) is 1. The zero-order valence-corrected chi connectivity index (χ0v) is 20.2. The van der Waals surface area contributed by atoms with Gasteiger partial charge in [-0.15, -0.1) is 0 Å². The lowest BCUT2D eigenvalue weighted by atomic mass is 9.92. The molecule has 8 heteroatoms. The number of para-hydroxylation sites is 1. The summed E-state index contributed by atoms with van der Waals surface area (Å²) in [5, 5.41) is 11.9. The van der Waals surface area contributed by atoms with E-state index in [2.05, 4.69) is 9.97 Å². The third kappa shape index (κ3) is 4.49. The molecule has 186 valence electrons. The average molecular weight is 496 g/mol. The maximum absolute atomic E-state index is 13.5. The van der Waals surface area contributed by atoms with E-state index in [0.717, 1.165) is 16.5 Å². The summed E-state index contributed by atoms with van der Waals surface area (Å²) in [7, 11) is 0. The van der Waals surface area contributed by atoms with Gasteiger partial charge in [-0.1, -0.05) is 30.3 Å². The van der Waals surface area contributed by atoms with Crippen LogP contribution in [0.25, 0.3) is 10.9 Å². The number of Topliss-reactive ketones (excluding diaryl/α,β-unsaturated/α-hetero) is 1. The second-order valence-electron chi connectivity index (χ2n) is 8.69. The molecule has 0 radical (unpaired) electrons. The van der Waals surface area contributed by atoms with Gasteiger partial charge in [-0.25, -0.2) is 4.79 Å². The van der Waals surface area contributed by atoms with Gasteiger partial charge in [0.25, 0.3) is 5.91 Å². The minimum atomic E-state index is -0.832. The predicted molar refractivity (Wildman–Crippen MR) is 137 cm³/mol. The monoisotopic (exact) mass is 495 g/mol. The van der Waals surface area contributed by atoms with Crippen LogP contribution in [-0.2, 0) is 16.0 Å². The molecule has 2 aromatic carbocycles. The highest BCUT2D eigenvalue weighted by atomic mass is 16.5. The van der Waals surface area contributed by atoms with E-state index >= 15 is 0 Å². The number of fused-ring (bicyclic) bond motifs is 1.